The Balaban J connectivity index is 1.64. The third-order valence-electron chi connectivity index (χ3n) is 6.63. The van der Waals surface area contributed by atoms with Crippen LogP contribution < -0.4 is 9.80 Å². The minimum absolute atomic E-state index is 0.0426. The molecule has 2 aromatic rings. The van der Waals surface area contributed by atoms with Crippen LogP contribution in [0.2, 0.25) is 0 Å². The molecule has 4 rings (SSSR count). The molecule has 4 nitrogen and oxygen atoms in total. The van der Waals surface area contributed by atoms with Crippen LogP contribution in [0.15, 0.2) is 48.5 Å². The van der Waals surface area contributed by atoms with Gasteiger partial charge in [0.1, 0.15) is 0 Å². The smallest absolute Gasteiger partial charge is 0.259 e. The molecule has 0 aliphatic carbocycles. The zero-order valence-electron chi connectivity index (χ0n) is 19.6. The topological polar surface area (TPSA) is 40.6 Å². The first kappa shape index (κ1) is 25.2. The number of alkyl halides is 2. The molecular formula is C28H32Br2N2O2. The van der Waals surface area contributed by atoms with Gasteiger partial charge in [-0.1, -0.05) is 93.9 Å². The predicted molar refractivity (Wildman–Crippen MR) is 149 cm³/mol. The number of nitrogens with zero attached hydrogens (tertiary/aromatic N) is 2. The van der Waals surface area contributed by atoms with Crippen LogP contribution in [-0.2, 0) is 9.59 Å². The molecule has 34 heavy (non-hydrogen) atoms. The van der Waals surface area contributed by atoms with Gasteiger partial charge in [0.15, 0.2) is 0 Å². The summed E-state index contributed by atoms with van der Waals surface area (Å²) in [5.74, 6) is -0.0852. The molecule has 0 aromatic heterocycles. The SMILES string of the molecule is O=C1/C(=C2\C(=O)N(CCCCCCBr)c3ccccc32)c2ccccc2N1CCCCCCBr. The summed E-state index contributed by atoms with van der Waals surface area (Å²) in [4.78, 5) is 31.3. The van der Waals surface area contributed by atoms with Gasteiger partial charge in [0.05, 0.1) is 22.5 Å². The third-order valence-corrected chi connectivity index (χ3v) is 7.75. The Morgan fingerprint density at radius 3 is 1.32 bits per heavy atom. The largest absolute Gasteiger partial charge is 0.308 e. The highest BCUT2D eigenvalue weighted by molar-refractivity contribution is 9.09. The predicted octanol–water partition coefficient (Wildman–Crippen LogP) is 7.20. The molecule has 2 heterocycles. The van der Waals surface area contributed by atoms with Gasteiger partial charge in [0, 0.05) is 34.9 Å². The number of carbonyl (C=O) groups excluding carboxylic acids is 2. The minimum atomic E-state index is -0.0426. The summed E-state index contributed by atoms with van der Waals surface area (Å²) < 4.78 is 0. The second-order valence-electron chi connectivity index (χ2n) is 8.90. The molecule has 0 spiro atoms. The Hall–Kier alpha value is -1.92. The molecule has 0 N–H and O–H groups in total. The molecular weight excluding hydrogens is 556 g/mol. The van der Waals surface area contributed by atoms with Gasteiger partial charge in [-0.25, -0.2) is 0 Å². The number of hydrogen-bond acceptors (Lipinski definition) is 2. The van der Waals surface area contributed by atoms with Crippen molar-refractivity contribution in [3.63, 3.8) is 0 Å². The number of carbonyl (C=O) groups is 2. The average Bonchev–Trinajstić information content (AvgIpc) is 3.28. The van der Waals surface area contributed by atoms with Crippen LogP contribution in [0, 0.1) is 0 Å². The number of hydrogen-bond donors (Lipinski definition) is 0. The molecule has 2 aromatic carbocycles. The molecule has 0 saturated carbocycles. The van der Waals surface area contributed by atoms with Gasteiger partial charge >= 0.3 is 0 Å². The van der Waals surface area contributed by atoms with E-state index in [9.17, 15) is 9.59 Å². The standard InChI is InChI=1S/C28H32Br2N2O2/c29-17-9-1-3-11-19-31-23-15-7-5-13-21(23)25(27(31)33)26-22-14-6-8-16-24(22)32(28(26)34)20-12-4-2-10-18-30/h5-8,13-16H,1-4,9-12,17-20H2/b26-25-. The fraction of sp³-hybridized carbons (Fsp3) is 0.429. The first-order valence-corrected chi connectivity index (χ1v) is 14.6. The van der Waals surface area contributed by atoms with E-state index >= 15 is 0 Å². The summed E-state index contributed by atoms with van der Waals surface area (Å²) in [6.45, 7) is 1.37. The van der Waals surface area contributed by atoms with Crippen molar-refractivity contribution in [1.29, 1.82) is 0 Å². The van der Waals surface area contributed by atoms with Gasteiger partial charge in [-0.3, -0.25) is 9.59 Å². The number of rotatable bonds is 12. The first-order valence-electron chi connectivity index (χ1n) is 12.4. The molecule has 180 valence electrons. The quantitative estimate of drug-likeness (QED) is 0.150. The number of unbranched alkanes of at least 4 members (excludes halogenated alkanes) is 6. The number of benzene rings is 2. The lowest BCUT2D eigenvalue weighted by atomic mass is 9.96. The van der Waals surface area contributed by atoms with Crippen LogP contribution in [0.3, 0.4) is 0 Å². The summed E-state index contributed by atoms with van der Waals surface area (Å²) in [5.41, 5.74) is 4.74. The van der Waals surface area contributed by atoms with Crippen molar-refractivity contribution in [1.82, 2.24) is 0 Å². The molecule has 0 radical (unpaired) electrons. The van der Waals surface area contributed by atoms with Crippen molar-refractivity contribution >= 4 is 66.2 Å². The maximum Gasteiger partial charge on any atom is 0.259 e. The zero-order valence-corrected chi connectivity index (χ0v) is 22.7. The van der Waals surface area contributed by atoms with E-state index in [1.807, 2.05) is 58.3 Å². The highest BCUT2D eigenvalue weighted by Gasteiger charge is 2.41. The van der Waals surface area contributed by atoms with E-state index in [0.717, 1.165) is 84.5 Å². The normalized spacial score (nSPS) is 17.0. The molecule has 2 amide bonds. The van der Waals surface area contributed by atoms with Crippen LogP contribution in [-0.4, -0.2) is 35.6 Å². The summed E-state index contributed by atoms with van der Waals surface area (Å²) in [6, 6.07) is 15.8. The molecule has 2 aliphatic heterocycles. The second-order valence-corrected chi connectivity index (χ2v) is 10.5. The van der Waals surface area contributed by atoms with Crippen molar-refractivity contribution in [2.75, 3.05) is 33.5 Å². The lowest BCUT2D eigenvalue weighted by Gasteiger charge is -2.17. The number of para-hydroxylation sites is 2. The van der Waals surface area contributed by atoms with E-state index in [-0.39, 0.29) is 11.8 Å². The Morgan fingerprint density at radius 2 is 0.912 bits per heavy atom. The lowest BCUT2D eigenvalue weighted by molar-refractivity contribution is -0.114. The van der Waals surface area contributed by atoms with E-state index in [1.54, 1.807) is 0 Å². The number of amides is 2. The van der Waals surface area contributed by atoms with E-state index in [2.05, 4.69) is 31.9 Å². The van der Waals surface area contributed by atoms with Crippen LogP contribution in [0.25, 0.3) is 11.1 Å². The van der Waals surface area contributed by atoms with Gasteiger partial charge in [-0.15, -0.1) is 0 Å². The number of fused-ring (bicyclic) bond motifs is 2. The van der Waals surface area contributed by atoms with Crippen LogP contribution in [0.4, 0.5) is 11.4 Å². The fourth-order valence-electron chi connectivity index (χ4n) is 4.92. The Morgan fingerprint density at radius 1 is 0.529 bits per heavy atom. The van der Waals surface area contributed by atoms with E-state index in [0.29, 0.717) is 24.2 Å². The van der Waals surface area contributed by atoms with Gasteiger partial charge < -0.3 is 9.80 Å². The molecule has 6 heteroatoms. The first-order chi connectivity index (χ1) is 16.7. The Bertz CT molecular complexity index is 982. The molecule has 0 atom stereocenters. The van der Waals surface area contributed by atoms with Gasteiger partial charge in [0.25, 0.3) is 11.8 Å². The molecule has 0 bridgehead atoms. The van der Waals surface area contributed by atoms with E-state index in [4.69, 9.17) is 0 Å². The average molecular weight is 588 g/mol. The number of halogens is 2. The van der Waals surface area contributed by atoms with Crippen molar-refractivity contribution in [2.24, 2.45) is 0 Å². The molecule has 2 aliphatic rings. The van der Waals surface area contributed by atoms with E-state index < -0.39 is 0 Å². The van der Waals surface area contributed by atoms with Crippen LogP contribution in [0.1, 0.15) is 62.5 Å². The van der Waals surface area contributed by atoms with Crippen molar-refractivity contribution in [3.05, 3.63) is 59.7 Å². The number of anilines is 2. The Kier molecular flexibility index (Phi) is 9.01. The second kappa shape index (κ2) is 12.2. The summed E-state index contributed by atoms with van der Waals surface area (Å²) in [5, 5.41) is 2.03. The highest BCUT2D eigenvalue weighted by atomic mass is 79.9. The summed E-state index contributed by atoms with van der Waals surface area (Å²) in [7, 11) is 0. The van der Waals surface area contributed by atoms with Crippen molar-refractivity contribution in [3.8, 4) is 0 Å². The van der Waals surface area contributed by atoms with E-state index in [1.165, 1.54) is 0 Å². The zero-order chi connectivity index (χ0) is 23.9. The molecule has 0 saturated heterocycles. The third kappa shape index (κ3) is 5.18. The van der Waals surface area contributed by atoms with Crippen LogP contribution >= 0.6 is 31.9 Å². The maximum absolute atomic E-state index is 13.7. The minimum Gasteiger partial charge on any atom is -0.308 e. The van der Waals surface area contributed by atoms with Crippen molar-refractivity contribution in [2.45, 2.75) is 51.4 Å². The summed E-state index contributed by atoms with van der Waals surface area (Å²) in [6.07, 6.45) is 8.70. The van der Waals surface area contributed by atoms with Gasteiger partial charge in [-0.05, 0) is 37.8 Å². The van der Waals surface area contributed by atoms with Gasteiger partial charge in [0.2, 0.25) is 0 Å². The van der Waals surface area contributed by atoms with Crippen LogP contribution in [0.5, 0.6) is 0 Å². The van der Waals surface area contributed by atoms with Crippen molar-refractivity contribution < 1.29 is 9.59 Å². The highest BCUT2D eigenvalue weighted by Crippen LogP contribution is 2.46. The Labute approximate surface area is 219 Å². The van der Waals surface area contributed by atoms with Gasteiger partial charge in [-0.2, -0.15) is 0 Å². The molecule has 0 unspecified atom stereocenters. The lowest BCUT2D eigenvalue weighted by Crippen LogP contribution is -2.30. The monoisotopic (exact) mass is 586 g/mol. The fourth-order valence-corrected chi connectivity index (χ4v) is 5.72. The summed E-state index contributed by atoms with van der Waals surface area (Å²) >= 11 is 6.97. The maximum atomic E-state index is 13.7. The molecule has 0 fully saturated rings.